The smallest absolute Gasteiger partial charge is 0.189 e. The summed E-state index contributed by atoms with van der Waals surface area (Å²) in [7, 11) is 0. The number of hydrogen-bond acceptors (Lipinski definition) is 1. The summed E-state index contributed by atoms with van der Waals surface area (Å²) in [6.45, 7) is 7.62. The highest BCUT2D eigenvalue weighted by Gasteiger charge is 2.19. The van der Waals surface area contributed by atoms with Gasteiger partial charge in [0.05, 0.1) is 40.1 Å². The van der Waals surface area contributed by atoms with Gasteiger partial charge in [-0.25, -0.2) is 4.85 Å². The van der Waals surface area contributed by atoms with Gasteiger partial charge in [-0.3, -0.25) is 0 Å². The molecule has 7 aromatic carbocycles. The molecule has 0 fully saturated rings. The Bertz CT molecular complexity index is 2760. The molecule has 0 aliphatic heterocycles. The number of para-hydroxylation sites is 4. The highest BCUT2D eigenvalue weighted by molar-refractivity contribution is 6.11. The Balaban J connectivity index is 1.25. The summed E-state index contributed by atoms with van der Waals surface area (Å²) in [6, 6.07) is 56.8. The van der Waals surface area contributed by atoms with Crippen molar-refractivity contribution in [1.82, 2.24) is 9.13 Å². The third-order valence-electron chi connectivity index (χ3n) is 9.40. The van der Waals surface area contributed by atoms with E-state index in [0.29, 0.717) is 11.3 Å². The number of aromatic nitrogens is 2. The van der Waals surface area contributed by atoms with Crippen LogP contribution in [-0.2, 0) is 0 Å². The summed E-state index contributed by atoms with van der Waals surface area (Å²) >= 11 is 0. The standard InChI is InChI=1S/C44H26N4/c1-46-31-23-24-38-37-17-7-9-19-41(37)47(44(38)27-31)39-25-22-29(26-30(39)28-45)32-12-2-3-13-33(32)34-14-4-8-18-40(34)48-42-20-10-5-15-35(42)36-16-6-11-21-43(36)48/h2-27H. The molecule has 0 unspecified atom stereocenters. The third-order valence-corrected chi connectivity index (χ3v) is 9.40. The van der Waals surface area contributed by atoms with Gasteiger partial charge in [0.1, 0.15) is 6.07 Å². The number of nitrogens with zero attached hydrogens (tertiary/aromatic N) is 4. The van der Waals surface area contributed by atoms with E-state index >= 15 is 0 Å². The summed E-state index contributed by atoms with van der Waals surface area (Å²) in [5.74, 6) is 0. The maximum absolute atomic E-state index is 10.6. The second-order valence-electron chi connectivity index (χ2n) is 11.9. The lowest BCUT2D eigenvalue weighted by molar-refractivity contribution is 1.17. The number of fused-ring (bicyclic) bond motifs is 6. The molecule has 2 heterocycles. The van der Waals surface area contributed by atoms with Crippen molar-refractivity contribution >= 4 is 49.3 Å². The van der Waals surface area contributed by atoms with E-state index in [9.17, 15) is 5.26 Å². The molecule has 0 spiro atoms. The van der Waals surface area contributed by atoms with Crippen LogP contribution in [0.25, 0.3) is 82.1 Å². The third kappa shape index (κ3) is 4.07. The Hall–Kier alpha value is -6.88. The van der Waals surface area contributed by atoms with Crippen LogP contribution in [0.15, 0.2) is 158 Å². The SMILES string of the molecule is [C-]#[N+]c1ccc2c3ccccc3n(-c3ccc(-c4ccccc4-c4ccccc4-n4c5ccccc5c5ccccc54)cc3C#N)c2c1. The van der Waals surface area contributed by atoms with Gasteiger partial charge in [0.15, 0.2) is 5.69 Å². The second kappa shape index (κ2) is 10.9. The largest absolute Gasteiger partial charge is 0.309 e. The molecule has 0 aliphatic carbocycles. The minimum Gasteiger partial charge on any atom is -0.309 e. The zero-order valence-corrected chi connectivity index (χ0v) is 25.8. The van der Waals surface area contributed by atoms with Crippen molar-refractivity contribution in [2.75, 3.05) is 0 Å². The van der Waals surface area contributed by atoms with Crippen molar-refractivity contribution in [3.8, 4) is 39.7 Å². The normalized spacial score (nSPS) is 11.3. The maximum atomic E-state index is 10.6. The van der Waals surface area contributed by atoms with Gasteiger partial charge in [0, 0.05) is 32.6 Å². The minimum atomic E-state index is 0.564. The Morgan fingerprint density at radius 1 is 0.458 bits per heavy atom. The minimum absolute atomic E-state index is 0.564. The van der Waals surface area contributed by atoms with Gasteiger partial charge in [-0.1, -0.05) is 115 Å². The van der Waals surface area contributed by atoms with Gasteiger partial charge in [0.2, 0.25) is 0 Å². The Morgan fingerprint density at radius 2 is 0.979 bits per heavy atom. The van der Waals surface area contributed by atoms with E-state index in [4.69, 9.17) is 6.57 Å². The monoisotopic (exact) mass is 610 g/mol. The molecular formula is C44H26N4. The van der Waals surface area contributed by atoms with Crippen LogP contribution in [0.2, 0.25) is 0 Å². The van der Waals surface area contributed by atoms with Crippen LogP contribution < -0.4 is 0 Å². The molecule has 4 nitrogen and oxygen atoms in total. The summed E-state index contributed by atoms with van der Waals surface area (Å²) in [4.78, 5) is 3.69. The lowest BCUT2D eigenvalue weighted by atomic mass is 9.92. The van der Waals surface area contributed by atoms with Crippen LogP contribution in [0.5, 0.6) is 0 Å². The number of hydrogen-bond donors (Lipinski definition) is 0. The first-order valence-corrected chi connectivity index (χ1v) is 15.9. The molecule has 9 rings (SSSR count). The zero-order chi connectivity index (χ0) is 32.2. The van der Waals surface area contributed by atoms with Gasteiger partial charge in [-0.05, 0) is 59.2 Å². The van der Waals surface area contributed by atoms with Crippen LogP contribution in [-0.4, -0.2) is 9.13 Å². The van der Waals surface area contributed by atoms with E-state index in [1.165, 1.54) is 10.8 Å². The van der Waals surface area contributed by atoms with Crippen molar-refractivity contribution in [2.24, 2.45) is 0 Å². The fraction of sp³-hybridized carbons (Fsp3) is 0. The summed E-state index contributed by atoms with van der Waals surface area (Å²) < 4.78 is 4.48. The highest BCUT2D eigenvalue weighted by atomic mass is 15.0. The highest BCUT2D eigenvalue weighted by Crippen LogP contribution is 2.41. The van der Waals surface area contributed by atoms with E-state index in [2.05, 4.69) is 135 Å². The van der Waals surface area contributed by atoms with E-state index < -0.39 is 0 Å². The van der Waals surface area contributed by atoms with Crippen LogP contribution in [0.3, 0.4) is 0 Å². The molecule has 0 amide bonds. The molecular weight excluding hydrogens is 585 g/mol. The van der Waals surface area contributed by atoms with Crippen molar-refractivity contribution < 1.29 is 0 Å². The molecule has 0 saturated heterocycles. The molecule has 9 aromatic rings. The fourth-order valence-corrected chi connectivity index (χ4v) is 7.32. The molecule has 48 heavy (non-hydrogen) atoms. The van der Waals surface area contributed by atoms with Crippen LogP contribution >= 0.6 is 0 Å². The predicted molar refractivity (Wildman–Crippen MR) is 197 cm³/mol. The topological polar surface area (TPSA) is 38.0 Å². The molecule has 0 radical (unpaired) electrons. The first-order chi connectivity index (χ1) is 23.7. The molecule has 0 aliphatic rings. The molecule has 0 N–H and O–H groups in total. The lowest BCUT2D eigenvalue weighted by Crippen LogP contribution is -1.99. The van der Waals surface area contributed by atoms with Gasteiger partial charge in [0.25, 0.3) is 0 Å². The van der Waals surface area contributed by atoms with Gasteiger partial charge in [-0.2, -0.15) is 5.26 Å². The molecule has 0 atom stereocenters. The molecule has 2 aromatic heterocycles. The lowest BCUT2D eigenvalue weighted by Gasteiger charge is -2.18. The van der Waals surface area contributed by atoms with Crippen molar-refractivity contribution in [3.05, 3.63) is 175 Å². The van der Waals surface area contributed by atoms with Crippen molar-refractivity contribution in [1.29, 1.82) is 5.26 Å². The second-order valence-corrected chi connectivity index (χ2v) is 11.9. The average Bonchev–Trinajstić information content (AvgIpc) is 3.67. The van der Waals surface area contributed by atoms with Crippen molar-refractivity contribution in [2.45, 2.75) is 0 Å². The van der Waals surface area contributed by atoms with E-state index in [1.807, 2.05) is 42.5 Å². The van der Waals surface area contributed by atoms with E-state index in [-0.39, 0.29) is 0 Å². The molecule has 0 bridgehead atoms. The maximum Gasteiger partial charge on any atom is 0.189 e. The zero-order valence-electron chi connectivity index (χ0n) is 25.8. The van der Waals surface area contributed by atoms with Crippen molar-refractivity contribution in [3.63, 3.8) is 0 Å². The Morgan fingerprint density at radius 3 is 1.60 bits per heavy atom. The number of benzene rings is 7. The number of rotatable bonds is 4. The molecule has 4 heteroatoms. The van der Waals surface area contributed by atoms with E-state index in [0.717, 1.165) is 66.5 Å². The fourth-order valence-electron chi connectivity index (χ4n) is 7.32. The summed E-state index contributed by atoms with van der Waals surface area (Å²) in [6.07, 6.45) is 0. The first kappa shape index (κ1) is 27.4. The predicted octanol–water partition coefficient (Wildman–Crippen LogP) is 11.6. The molecule has 0 saturated carbocycles. The van der Waals surface area contributed by atoms with Crippen LogP contribution in [0.4, 0.5) is 5.69 Å². The van der Waals surface area contributed by atoms with Crippen LogP contribution in [0.1, 0.15) is 5.56 Å². The van der Waals surface area contributed by atoms with E-state index in [1.54, 1.807) is 0 Å². The Kier molecular flexibility index (Phi) is 6.22. The van der Waals surface area contributed by atoms with Gasteiger partial charge < -0.3 is 9.13 Å². The van der Waals surface area contributed by atoms with Crippen LogP contribution in [0, 0.1) is 17.9 Å². The number of nitriles is 1. The molecule has 222 valence electrons. The Labute approximate surface area is 277 Å². The quantitative estimate of drug-likeness (QED) is 0.183. The first-order valence-electron chi connectivity index (χ1n) is 15.9. The summed E-state index contributed by atoms with van der Waals surface area (Å²) in [5.41, 5.74) is 11.5. The van der Waals surface area contributed by atoms with Gasteiger partial charge in [-0.15, -0.1) is 0 Å². The average molecular weight is 611 g/mol. The van der Waals surface area contributed by atoms with Gasteiger partial charge >= 0.3 is 0 Å². The summed E-state index contributed by atoms with van der Waals surface area (Å²) in [5, 5.41) is 15.2.